The molecule has 0 bridgehead atoms. The molecule has 2 heterocycles. The van der Waals surface area contributed by atoms with Gasteiger partial charge in [0.05, 0.1) is 19.7 Å². The molecular formula is C28H27N5O2. The number of ether oxygens (including phenoxy) is 2. The Bertz CT molecular complexity index is 1530. The molecule has 5 rings (SSSR count). The van der Waals surface area contributed by atoms with E-state index in [4.69, 9.17) is 9.47 Å². The van der Waals surface area contributed by atoms with E-state index < -0.39 is 0 Å². The number of hydrogen-bond donors (Lipinski definition) is 2. The molecule has 2 N–H and O–H groups in total. The van der Waals surface area contributed by atoms with E-state index in [1.807, 2.05) is 43.7 Å². The first kappa shape index (κ1) is 22.4. The Morgan fingerprint density at radius 2 is 1.71 bits per heavy atom. The third-order valence-corrected chi connectivity index (χ3v) is 6.15. The first-order chi connectivity index (χ1) is 17.1. The zero-order valence-corrected chi connectivity index (χ0v) is 20.2. The molecule has 35 heavy (non-hydrogen) atoms. The summed E-state index contributed by atoms with van der Waals surface area (Å²) in [4.78, 5) is 13.6. The lowest BCUT2D eigenvalue weighted by molar-refractivity contribution is 0.354. The zero-order valence-electron chi connectivity index (χ0n) is 20.2. The van der Waals surface area contributed by atoms with E-state index in [-0.39, 0.29) is 0 Å². The fraction of sp³-hybridized carbons (Fsp3) is 0.179. The van der Waals surface area contributed by atoms with Crippen LogP contribution in [0.1, 0.15) is 11.1 Å². The molecule has 7 heteroatoms. The van der Waals surface area contributed by atoms with Crippen LogP contribution in [0, 0.1) is 6.92 Å². The minimum atomic E-state index is 0.608. The lowest BCUT2D eigenvalue weighted by Crippen LogP contribution is -2.03. The van der Waals surface area contributed by atoms with Gasteiger partial charge in [-0.25, -0.2) is 15.0 Å². The molecule has 2 aromatic heterocycles. The molecule has 0 unspecified atom stereocenters. The normalized spacial score (nSPS) is 11.0. The van der Waals surface area contributed by atoms with Gasteiger partial charge in [-0.1, -0.05) is 24.3 Å². The van der Waals surface area contributed by atoms with E-state index in [0.717, 1.165) is 38.6 Å². The third-order valence-electron chi connectivity index (χ3n) is 6.15. The highest BCUT2D eigenvalue weighted by molar-refractivity contribution is 6.04. The number of rotatable bonds is 7. The Morgan fingerprint density at radius 3 is 2.51 bits per heavy atom. The van der Waals surface area contributed by atoms with Crippen molar-refractivity contribution >= 4 is 33.4 Å². The van der Waals surface area contributed by atoms with Crippen LogP contribution in [0.4, 0.5) is 11.8 Å². The molecule has 0 fully saturated rings. The van der Waals surface area contributed by atoms with Crippen LogP contribution in [0.25, 0.3) is 32.8 Å². The van der Waals surface area contributed by atoms with Crippen molar-refractivity contribution in [2.24, 2.45) is 0 Å². The van der Waals surface area contributed by atoms with E-state index >= 15 is 0 Å². The number of aromatic nitrogens is 3. The Kier molecular flexibility index (Phi) is 6.06. The number of benzene rings is 3. The molecule has 0 saturated carbocycles. The fourth-order valence-electron chi connectivity index (χ4n) is 4.37. The maximum atomic E-state index is 5.44. The van der Waals surface area contributed by atoms with E-state index in [9.17, 15) is 0 Å². The molecule has 0 radical (unpaired) electrons. The molecule has 0 amide bonds. The van der Waals surface area contributed by atoms with Crippen LogP contribution in [0.3, 0.4) is 0 Å². The average Bonchev–Trinajstić information content (AvgIpc) is 2.90. The molecule has 3 aromatic carbocycles. The largest absolute Gasteiger partial charge is 0.493 e. The smallest absolute Gasteiger partial charge is 0.222 e. The maximum absolute atomic E-state index is 5.44. The summed E-state index contributed by atoms with van der Waals surface area (Å²) < 4.78 is 10.8. The minimum Gasteiger partial charge on any atom is -0.493 e. The van der Waals surface area contributed by atoms with Gasteiger partial charge in [-0.3, -0.25) is 0 Å². The molecule has 5 aromatic rings. The maximum Gasteiger partial charge on any atom is 0.222 e. The van der Waals surface area contributed by atoms with Crippen LogP contribution < -0.4 is 20.1 Å². The molecule has 0 aliphatic rings. The second-order valence-corrected chi connectivity index (χ2v) is 8.27. The first-order valence-corrected chi connectivity index (χ1v) is 11.4. The summed E-state index contributed by atoms with van der Waals surface area (Å²) in [5.74, 6) is 2.87. The van der Waals surface area contributed by atoms with Gasteiger partial charge in [-0.2, -0.15) is 0 Å². The second-order valence-electron chi connectivity index (χ2n) is 8.27. The number of nitrogens with one attached hydrogen (secondary N) is 2. The van der Waals surface area contributed by atoms with Gasteiger partial charge in [-0.05, 0) is 64.9 Å². The summed E-state index contributed by atoms with van der Waals surface area (Å²) in [7, 11) is 5.10. The Balaban J connectivity index is 1.52. The number of anilines is 2. The molecule has 176 valence electrons. The number of methoxy groups -OCH3 is 2. The van der Waals surface area contributed by atoms with Crippen molar-refractivity contribution in [1.82, 2.24) is 15.0 Å². The molecule has 0 aliphatic carbocycles. The topological polar surface area (TPSA) is 81.2 Å². The Morgan fingerprint density at radius 1 is 0.857 bits per heavy atom. The van der Waals surface area contributed by atoms with E-state index in [1.54, 1.807) is 14.2 Å². The molecule has 7 nitrogen and oxygen atoms in total. The lowest BCUT2D eigenvalue weighted by Gasteiger charge is -2.15. The highest BCUT2D eigenvalue weighted by Crippen LogP contribution is 2.36. The lowest BCUT2D eigenvalue weighted by atomic mass is 9.94. The fourth-order valence-corrected chi connectivity index (χ4v) is 4.37. The minimum absolute atomic E-state index is 0.608. The first-order valence-electron chi connectivity index (χ1n) is 11.4. The van der Waals surface area contributed by atoms with Crippen LogP contribution >= 0.6 is 0 Å². The average molecular weight is 466 g/mol. The zero-order chi connectivity index (χ0) is 24.4. The van der Waals surface area contributed by atoms with Gasteiger partial charge < -0.3 is 20.1 Å². The van der Waals surface area contributed by atoms with Gasteiger partial charge in [-0.15, -0.1) is 0 Å². The van der Waals surface area contributed by atoms with Crippen LogP contribution in [0.15, 0.2) is 67.0 Å². The standard InChI is InChI=1S/C28H27N5O2/c1-17-5-8-22-21(26(17)19-7-9-23-20(14-19)16-32-28(29-2)33-23)11-12-30-27(22)31-15-18-6-10-24(34-3)25(13-18)35-4/h5-14,16H,15H2,1-4H3,(H,30,31)(H,29,32,33). The number of aryl methyl sites for hydroxylation is 1. The number of hydrogen-bond acceptors (Lipinski definition) is 7. The van der Waals surface area contributed by atoms with Crippen molar-refractivity contribution in [3.63, 3.8) is 0 Å². The summed E-state index contributed by atoms with van der Waals surface area (Å²) >= 11 is 0. The highest BCUT2D eigenvalue weighted by atomic mass is 16.5. The van der Waals surface area contributed by atoms with Crippen molar-refractivity contribution in [3.8, 4) is 22.6 Å². The van der Waals surface area contributed by atoms with Crippen molar-refractivity contribution in [3.05, 3.63) is 78.1 Å². The van der Waals surface area contributed by atoms with E-state index in [2.05, 4.69) is 62.8 Å². The summed E-state index contributed by atoms with van der Waals surface area (Å²) in [6.07, 6.45) is 3.71. The summed E-state index contributed by atoms with van der Waals surface area (Å²) in [6, 6.07) is 18.6. The number of pyridine rings is 1. The quantitative estimate of drug-likeness (QED) is 0.313. The van der Waals surface area contributed by atoms with Gasteiger partial charge in [0.2, 0.25) is 5.95 Å². The van der Waals surface area contributed by atoms with Crippen molar-refractivity contribution in [1.29, 1.82) is 0 Å². The number of fused-ring (bicyclic) bond motifs is 2. The second kappa shape index (κ2) is 9.46. The van der Waals surface area contributed by atoms with Crippen LogP contribution in [0.5, 0.6) is 11.5 Å². The van der Waals surface area contributed by atoms with Crippen molar-refractivity contribution in [2.45, 2.75) is 13.5 Å². The van der Waals surface area contributed by atoms with Crippen LogP contribution in [0.2, 0.25) is 0 Å². The molecule has 0 aliphatic heterocycles. The molecule has 0 atom stereocenters. The summed E-state index contributed by atoms with van der Waals surface area (Å²) in [5.41, 5.74) is 5.48. The SMILES string of the molecule is CNc1ncc2cc(-c3c(C)ccc4c(NCc5ccc(OC)c(OC)c5)nccc34)ccc2n1. The van der Waals surface area contributed by atoms with Crippen molar-refractivity contribution < 1.29 is 9.47 Å². The van der Waals surface area contributed by atoms with E-state index in [1.165, 1.54) is 11.1 Å². The molecule has 0 spiro atoms. The monoisotopic (exact) mass is 465 g/mol. The molecule has 0 saturated heterocycles. The summed E-state index contributed by atoms with van der Waals surface area (Å²) in [6.45, 7) is 2.74. The van der Waals surface area contributed by atoms with Gasteiger partial charge >= 0.3 is 0 Å². The predicted molar refractivity (Wildman–Crippen MR) is 141 cm³/mol. The van der Waals surface area contributed by atoms with Crippen LogP contribution in [-0.2, 0) is 6.54 Å². The van der Waals surface area contributed by atoms with Crippen molar-refractivity contribution in [2.75, 3.05) is 31.9 Å². The van der Waals surface area contributed by atoms with E-state index in [0.29, 0.717) is 24.0 Å². The molecular weight excluding hydrogens is 438 g/mol. The Hall–Kier alpha value is -4.39. The Labute approximate surface area is 204 Å². The highest BCUT2D eigenvalue weighted by Gasteiger charge is 2.13. The number of nitrogens with zero attached hydrogens (tertiary/aromatic N) is 3. The van der Waals surface area contributed by atoms with Gasteiger partial charge in [0.15, 0.2) is 11.5 Å². The van der Waals surface area contributed by atoms with Gasteiger partial charge in [0.1, 0.15) is 5.82 Å². The van der Waals surface area contributed by atoms with Gasteiger partial charge in [0, 0.05) is 36.8 Å². The summed E-state index contributed by atoms with van der Waals surface area (Å²) in [5, 5.41) is 9.69. The third kappa shape index (κ3) is 4.28. The van der Waals surface area contributed by atoms with Gasteiger partial charge in [0.25, 0.3) is 0 Å². The van der Waals surface area contributed by atoms with Crippen LogP contribution in [-0.4, -0.2) is 36.2 Å². The predicted octanol–water partition coefficient (Wildman–Crippen LogP) is 5.82.